The highest BCUT2D eigenvalue weighted by Gasteiger charge is 2.61. The molecule has 0 radical (unpaired) electrons. The normalized spacial score (nSPS) is 27.6. The first-order chi connectivity index (χ1) is 23.2. The van der Waals surface area contributed by atoms with Crippen LogP contribution >= 0.6 is 0 Å². The Morgan fingerprint density at radius 3 is 2.67 bits per heavy atom. The summed E-state index contributed by atoms with van der Waals surface area (Å²) in [6.07, 6.45) is 4.56. The molecule has 1 aromatic heterocycles. The van der Waals surface area contributed by atoms with Crippen LogP contribution in [0.4, 0.5) is 0 Å². The number of allylic oxidation sites excluding steroid dienone is 1. The lowest BCUT2D eigenvalue weighted by Crippen LogP contribution is -2.48. The Morgan fingerprint density at radius 2 is 1.98 bits per heavy atom. The van der Waals surface area contributed by atoms with Crippen LogP contribution in [-0.4, -0.2) is 72.4 Å². The molecule has 2 amide bonds. The van der Waals surface area contributed by atoms with Crippen LogP contribution in [0.2, 0.25) is 0 Å². The number of sulfonamides is 1. The Kier molecular flexibility index (Phi) is 9.35. The molecule has 2 aliphatic carbocycles. The number of nitrogens with one attached hydrogen (secondary N) is 1. The third-order valence-electron chi connectivity index (χ3n) is 10.1. The minimum absolute atomic E-state index is 0.0502. The zero-order chi connectivity index (χ0) is 35.1. The van der Waals surface area contributed by atoms with Gasteiger partial charge < -0.3 is 14.4 Å². The zero-order valence-electron chi connectivity index (χ0n) is 28.2. The fourth-order valence-corrected chi connectivity index (χ4v) is 8.30. The number of benzene rings is 1. The molecule has 1 N–H and O–H groups in total. The molecule has 2 aromatic rings. The molecule has 3 heterocycles. The number of ether oxygens (including phenoxy) is 2. The topological polar surface area (TPSA) is 149 Å². The Hall–Kier alpha value is -4.24. The highest BCUT2D eigenvalue weighted by molar-refractivity contribution is 7.90. The van der Waals surface area contributed by atoms with Crippen molar-refractivity contribution in [2.24, 2.45) is 22.7 Å². The second-order valence-corrected chi connectivity index (χ2v) is 16.8. The third-order valence-corrected chi connectivity index (χ3v) is 12.0. The number of fused-ring (bicyclic) bond motifs is 3. The molecule has 4 aliphatic rings. The van der Waals surface area contributed by atoms with Gasteiger partial charge in [-0.15, -0.1) is 6.58 Å². The van der Waals surface area contributed by atoms with E-state index in [2.05, 4.69) is 28.1 Å². The summed E-state index contributed by atoms with van der Waals surface area (Å²) < 4.78 is 39.5. The van der Waals surface area contributed by atoms with Gasteiger partial charge in [-0.25, -0.2) is 13.4 Å². The van der Waals surface area contributed by atoms with Gasteiger partial charge in [0, 0.05) is 36.4 Å². The van der Waals surface area contributed by atoms with Gasteiger partial charge in [0.1, 0.15) is 6.10 Å². The number of aromatic nitrogens is 1. The molecule has 2 saturated carbocycles. The molecule has 0 spiro atoms. The van der Waals surface area contributed by atoms with Crippen LogP contribution in [0.5, 0.6) is 5.88 Å². The van der Waals surface area contributed by atoms with E-state index in [9.17, 15) is 27.6 Å². The predicted octanol–water partition coefficient (Wildman–Crippen LogP) is 4.08. The van der Waals surface area contributed by atoms with Crippen molar-refractivity contribution in [1.29, 1.82) is 0 Å². The molecule has 4 bridgehead atoms. The smallest absolute Gasteiger partial charge is 0.306 e. The number of pyridine rings is 1. The molecule has 3 fully saturated rings. The first-order valence-corrected chi connectivity index (χ1v) is 18.5. The van der Waals surface area contributed by atoms with Crippen molar-refractivity contribution >= 4 is 44.4 Å². The van der Waals surface area contributed by atoms with Crippen molar-refractivity contribution in [1.82, 2.24) is 14.6 Å². The van der Waals surface area contributed by atoms with Crippen LogP contribution in [0, 0.1) is 34.5 Å². The van der Waals surface area contributed by atoms with E-state index < -0.39 is 56.0 Å². The van der Waals surface area contributed by atoms with E-state index in [4.69, 9.17) is 9.47 Å². The summed E-state index contributed by atoms with van der Waals surface area (Å²) in [5.74, 6) is 3.42. The lowest BCUT2D eigenvalue weighted by Gasteiger charge is -2.34. The predicted molar refractivity (Wildman–Crippen MR) is 181 cm³/mol. The monoisotopic (exact) mass is 689 g/mol. The molecule has 0 unspecified atom stereocenters. The fourth-order valence-electron chi connectivity index (χ4n) is 6.91. The van der Waals surface area contributed by atoms with E-state index >= 15 is 0 Å². The molecular formula is C37H43N3O8S. The number of carbonyl (C=O) groups is 4. The summed E-state index contributed by atoms with van der Waals surface area (Å²) in [4.78, 5) is 61.2. The van der Waals surface area contributed by atoms with Gasteiger partial charge in [0.2, 0.25) is 27.7 Å². The summed E-state index contributed by atoms with van der Waals surface area (Å²) >= 11 is 0. The molecule has 49 heavy (non-hydrogen) atoms. The number of hydrogen-bond donors (Lipinski definition) is 1. The summed E-state index contributed by atoms with van der Waals surface area (Å²) in [6, 6.07) is 6.62. The SMILES string of the molecule is C=C[C@@H]1C[C@]1(CC(=O)[C@@H]1C[C@@H]2CN1C(=O)[C@H](C(C)(C)C)CC(=O)OCCCC#Cc1ccc3ccnc(c3c1)O2)C(=O)NS(=O)(=O)C1CC1. The molecule has 1 saturated heterocycles. The van der Waals surface area contributed by atoms with Gasteiger partial charge in [-0.05, 0) is 60.6 Å². The van der Waals surface area contributed by atoms with Crippen LogP contribution in [0.25, 0.3) is 10.8 Å². The van der Waals surface area contributed by atoms with E-state index in [1.54, 1.807) is 12.3 Å². The number of rotatable bonds is 7. The molecule has 5 atom stereocenters. The minimum atomic E-state index is -3.84. The number of esters is 1. The Balaban J connectivity index is 1.33. The van der Waals surface area contributed by atoms with E-state index in [0.717, 1.165) is 16.3 Å². The average Bonchev–Trinajstić information content (AvgIpc) is 3.97. The second-order valence-electron chi connectivity index (χ2n) is 14.8. The van der Waals surface area contributed by atoms with Crippen molar-refractivity contribution in [3.63, 3.8) is 0 Å². The van der Waals surface area contributed by atoms with Gasteiger partial charge in [-0.2, -0.15) is 0 Å². The largest absolute Gasteiger partial charge is 0.472 e. The van der Waals surface area contributed by atoms with Crippen molar-refractivity contribution in [3.8, 4) is 17.7 Å². The lowest BCUT2D eigenvalue weighted by atomic mass is 9.77. The second kappa shape index (κ2) is 13.2. The maximum Gasteiger partial charge on any atom is 0.306 e. The van der Waals surface area contributed by atoms with Gasteiger partial charge >= 0.3 is 5.97 Å². The van der Waals surface area contributed by atoms with Crippen LogP contribution < -0.4 is 9.46 Å². The summed E-state index contributed by atoms with van der Waals surface area (Å²) in [5.41, 5.74) is -1.17. The van der Waals surface area contributed by atoms with Crippen molar-refractivity contribution in [2.45, 2.75) is 89.5 Å². The van der Waals surface area contributed by atoms with Crippen molar-refractivity contribution in [2.75, 3.05) is 13.2 Å². The van der Waals surface area contributed by atoms with Gasteiger partial charge in [-0.3, -0.25) is 23.9 Å². The number of ketones is 1. The number of carbonyl (C=O) groups excluding carboxylic acids is 4. The van der Waals surface area contributed by atoms with E-state index in [-0.39, 0.29) is 56.4 Å². The molecular weight excluding hydrogens is 646 g/mol. The highest BCUT2D eigenvalue weighted by atomic mass is 32.2. The zero-order valence-corrected chi connectivity index (χ0v) is 29.0. The number of cyclic esters (lactones) is 1. The van der Waals surface area contributed by atoms with Crippen LogP contribution in [-0.2, 0) is 33.9 Å². The summed E-state index contributed by atoms with van der Waals surface area (Å²) in [7, 11) is -3.84. The minimum Gasteiger partial charge on any atom is -0.472 e. The van der Waals surface area contributed by atoms with Crippen LogP contribution in [0.1, 0.15) is 77.7 Å². The first-order valence-electron chi connectivity index (χ1n) is 16.9. The third kappa shape index (κ3) is 7.37. The average molecular weight is 690 g/mol. The Morgan fingerprint density at radius 1 is 1.20 bits per heavy atom. The molecule has 260 valence electrons. The van der Waals surface area contributed by atoms with Gasteiger partial charge in [-0.1, -0.05) is 44.8 Å². The van der Waals surface area contributed by atoms with Gasteiger partial charge in [0.15, 0.2) is 5.78 Å². The van der Waals surface area contributed by atoms with E-state index in [1.165, 1.54) is 4.90 Å². The first kappa shape index (κ1) is 34.6. The molecule has 2 aliphatic heterocycles. The number of amides is 2. The molecule has 11 nitrogen and oxygen atoms in total. The summed E-state index contributed by atoms with van der Waals surface area (Å²) in [6.45, 7) is 9.61. The maximum atomic E-state index is 14.4. The van der Waals surface area contributed by atoms with E-state index in [0.29, 0.717) is 31.6 Å². The fraction of sp³-hybridized carbons (Fsp3) is 0.541. The Labute approximate surface area is 287 Å². The van der Waals surface area contributed by atoms with Gasteiger partial charge in [0.25, 0.3) is 0 Å². The number of Topliss-reactive ketones (excluding diaryl/α,β-unsaturated/α-hetero) is 1. The quantitative estimate of drug-likeness (QED) is 0.258. The molecule has 6 rings (SSSR count). The van der Waals surface area contributed by atoms with Gasteiger partial charge in [0.05, 0.1) is 42.2 Å². The Bertz CT molecular complexity index is 1870. The van der Waals surface area contributed by atoms with Crippen LogP contribution in [0.3, 0.4) is 0 Å². The maximum absolute atomic E-state index is 14.4. The lowest BCUT2D eigenvalue weighted by molar-refractivity contribution is -0.153. The standard InChI is InChI=1S/C37H43N3O8S/c1-5-25-20-37(25,35(44)39-49(45,46)27-12-13-27)21-31(41)30-18-26-22-40(30)34(43)29(36(2,3)4)19-32(42)47-16-8-6-7-9-23-10-11-24-14-15-38-33(48-26)28(24)17-23/h5,10-11,14-15,17,25-27,29-30H,1,6,8,12-13,16,18-22H2,2-4H3,(H,39,44)/t25-,26-,29-,30+,37-/m1/s1. The highest BCUT2D eigenvalue weighted by Crippen LogP contribution is 2.57. The van der Waals surface area contributed by atoms with Crippen LogP contribution in [0.15, 0.2) is 43.1 Å². The molecule has 12 heteroatoms. The van der Waals surface area contributed by atoms with Crippen molar-refractivity contribution in [3.05, 3.63) is 48.7 Å². The number of nitrogens with zero attached hydrogens (tertiary/aromatic N) is 2. The van der Waals surface area contributed by atoms with Crippen molar-refractivity contribution < 1.29 is 37.1 Å². The summed E-state index contributed by atoms with van der Waals surface area (Å²) in [5, 5.41) is 1.03. The van der Waals surface area contributed by atoms with E-state index in [1.807, 2.05) is 45.0 Å². The molecule has 1 aromatic carbocycles. The number of hydrogen-bond acceptors (Lipinski definition) is 9.